The van der Waals surface area contributed by atoms with Crippen molar-refractivity contribution in [2.24, 2.45) is 0 Å². The molecule has 0 bridgehead atoms. The lowest BCUT2D eigenvalue weighted by atomic mass is 9.97. The molecule has 0 atom stereocenters. The van der Waals surface area contributed by atoms with Crippen LogP contribution in [0, 0.1) is 0 Å². The average Bonchev–Trinajstić information content (AvgIpc) is 2.92. The molecular formula is C31H19F3N2. The molecule has 0 N–H and O–H groups in total. The highest BCUT2D eigenvalue weighted by Crippen LogP contribution is 2.33. The van der Waals surface area contributed by atoms with Crippen molar-refractivity contribution in [3.8, 4) is 33.5 Å². The Morgan fingerprint density at radius 1 is 0.528 bits per heavy atom. The number of benzene rings is 4. The Morgan fingerprint density at radius 3 is 1.89 bits per heavy atom. The van der Waals surface area contributed by atoms with Crippen LogP contribution in [-0.4, -0.2) is 9.97 Å². The van der Waals surface area contributed by atoms with Crippen LogP contribution in [0.15, 0.2) is 116 Å². The van der Waals surface area contributed by atoms with Gasteiger partial charge < -0.3 is 0 Å². The van der Waals surface area contributed by atoms with Crippen LogP contribution in [0.3, 0.4) is 0 Å². The highest BCUT2D eigenvalue weighted by Gasteiger charge is 2.29. The van der Waals surface area contributed by atoms with Crippen LogP contribution in [-0.2, 0) is 6.18 Å². The number of rotatable bonds is 3. The Kier molecular flexibility index (Phi) is 5.26. The largest absolute Gasteiger partial charge is 0.416 e. The number of hydrogen-bond acceptors (Lipinski definition) is 2. The number of fused-ring (bicyclic) bond motifs is 2. The number of aromatic nitrogens is 2. The van der Waals surface area contributed by atoms with Gasteiger partial charge in [0.2, 0.25) is 0 Å². The minimum absolute atomic E-state index is 0.649. The Labute approximate surface area is 205 Å². The van der Waals surface area contributed by atoms with E-state index in [1.54, 1.807) is 6.20 Å². The molecule has 4 aromatic carbocycles. The third kappa shape index (κ3) is 4.09. The normalized spacial score (nSPS) is 11.8. The third-order valence-electron chi connectivity index (χ3n) is 6.39. The van der Waals surface area contributed by atoms with Gasteiger partial charge in [-0.15, -0.1) is 0 Å². The molecule has 6 aromatic rings. The van der Waals surface area contributed by atoms with E-state index in [4.69, 9.17) is 4.98 Å². The van der Waals surface area contributed by atoms with Crippen LogP contribution < -0.4 is 0 Å². The molecule has 0 aliphatic rings. The van der Waals surface area contributed by atoms with Crippen molar-refractivity contribution in [2.75, 3.05) is 0 Å². The summed E-state index contributed by atoms with van der Waals surface area (Å²) in [6, 6.07) is 31.4. The minimum Gasteiger partial charge on any atom is -0.256 e. The van der Waals surface area contributed by atoms with E-state index in [-0.39, 0.29) is 0 Å². The van der Waals surface area contributed by atoms with Crippen molar-refractivity contribution in [1.29, 1.82) is 0 Å². The van der Waals surface area contributed by atoms with E-state index in [2.05, 4.69) is 17.1 Å². The van der Waals surface area contributed by atoms with E-state index in [1.165, 1.54) is 12.1 Å². The first-order valence-electron chi connectivity index (χ1n) is 11.5. The maximum absolute atomic E-state index is 12.9. The van der Waals surface area contributed by atoms with Crippen LogP contribution in [0.25, 0.3) is 55.2 Å². The lowest BCUT2D eigenvalue weighted by Gasteiger charge is -2.10. The van der Waals surface area contributed by atoms with E-state index in [0.29, 0.717) is 0 Å². The van der Waals surface area contributed by atoms with Crippen LogP contribution >= 0.6 is 0 Å². The maximum atomic E-state index is 12.9. The summed E-state index contributed by atoms with van der Waals surface area (Å²) in [6.07, 6.45) is -0.698. The Balaban J connectivity index is 1.33. The summed E-state index contributed by atoms with van der Waals surface area (Å²) in [6.45, 7) is 0. The van der Waals surface area contributed by atoms with Gasteiger partial charge in [-0.05, 0) is 63.9 Å². The smallest absolute Gasteiger partial charge is 0.256 e. The molecule has 0 radical (unpaired) electrons. The van der Waals surface area contributed by atoms with Crippen LogP contribution in [0.1, 0.15) is 5.56 Å². The first-order chi connectivity index (χ1) is 17.5. The molecule has 0 aliphatic heterocycles. The van der Waals surface area contributed by atoms with E-state index < -0.39 is 11.7 Å². The van der Waals surface area contributed by atoms with Crippen LogP contribution in [0.2, 0.25) is 0 Å². The van der Waals surface area contributed by atoms with E-state index >= 15 is 0 Å². The number of para-hydroxylation sites is 1. The summed E-state index contributed by atoms with van der Waals surface area (Å²) in [5.41, 5.74) is 5.71. The van der Waals surface area contributed by atoms with Crippen molar-refractivity contribution in [2.45, 2.75) is 6.18 Å². The minimum atomic E-state index is -4.34. The topological polar surface area (TPSA) is 25.8 Å². The molecule has 0 amide bonds. The average molecular weight is 477 g/mol. The van der Waals surface area contributed by atoms with Gasteiger partial charge in [-0.3, -0.25) is 9.97 Å². The Bertz CT molecular complexity index is 1700. The van der Waals surface area contributed by atoms with E-state index in [1.807, 2.05) is 72.9 Å². The SMILES string of the molecule is FC(F)(F)c1ccc(-c2ccc3ccc(-c4ccc(-c5cccc6cccnc56)nc4)cc3c2)cc1. The first kappa shape index (κ1) is 22.0. The first-order valence-corrected chi connectivity index (χ1v) is 11.5. The molecular weight excluding hydrogens is 457 g/mol. The van der Waals surface area contributed by atoms with Gasteiger partial charge in [0.25, 0.3) is 0 Å². The monoisotopic (exact) mass is 476 g/mol. The van der Waals surface area contributed by atoms with Crippen LogP contribution in [0.4, 0.5) is 13.2 Å². The van der Waals surface area contributed by atoms with Gasteiger partial charge in [0.1, 0.15) is 0 Å². The summed E-state index contributed by atoms with van der Waals surface area (Å²) in [5, 5.41) is 3.13. The second kappa shape index (κ2) is 8.61. The predicted molar refractivity (Wildman–Crippen MR) is 138 cm³/mol. The van der Waals surface area contributed by atoms with Gasteiger partial charge in [-0.25, -0.2) is 0 Å². The molecule has 0 aliphatic carbocycles. The molecule has 5 heteroatoms. The summed E-state index contributed by atoms with van der Waals surface area (Å²) >= 11 is 0. The molecule has 2 aromatic heterocycles. The summed E-state index contributed by atoms with van der Waals surface area (Å²) in [5.74, 6) is 0. The summed E-state index contributed by atoms with van der Waals surface area (Å²) < 4.78 is 38.8. The van der Waals surface area contributed by atoms with Gasteiger partial charge in [0.15, 0.2) is 0 Å². The van der Waals surface area contributed by atoms with Crippen molar-refractivity contribution < 1.29 is 13.2 Å². The molecule has 174 valence electrons. The van der Waals surface area contributed by atoms with Gasteiger partial charge in [-0.2, -0.15) is 13.2 Å². The zero-order valence-corrected chi connectivity index (χ0v) is 19.0. The zero-order chi connectivity index (χ0) is 24.7. The van der Waals surface area contributed by atoms with Gasteiger partial charge in [0, 0.05) is 28.9 Å². The number of halogens is 3. The fraction of sp³-hybridized carbons (Fsp3) is 0.0323. The van der Waals surface area contributed by atoms with Crippen molar-refractivity contribution in [3.63, 3.8) is 0 Å². The zero-order valence-electron chi connectivity index (χ0n) is 19.0. The fourth-order valence-electron chi connectivity index (χ4n) is 4.49. The number of hydrogen-bond donors (Lipinski definition) is 0. The standard InChI is InChI=1S/C31H19F3N2/c32-31(33,34)27-13-10-20(11-14-27)23-8-6-21-7-9-24(18-26(21)17-23)25-12-15-29(36-19-25)28-5-1-3-22-4-2-16-35-30(22)28/h1-19H. The molecule has 0 saturated carbocycles. The highest BCUT2D eigenvalue weighted by atomic mass is 19.4. The molecule has 0 fully saturated rings. The Hall–Kier alpha value is -4.51. The summed E-state index contributed by atoms with van der Waals surface area (Å²) in [7, 11) is 0. The number of alkyl halides is 3. The van der Waals surface area contributed by atoms with Gasteiger partial charge >= 0.3 is 6.18 Å². The van der Waals surface area contributed by atoms with Crippen molar-refractivity contribution >= 4 is 21.7 Å². The molecule has 0 spiro atoms. The molecule has 0 unspecified atom stereocenters. The van der Waals surface area contributed by atoms with Gasteiger partial charge in [0.05, 0.1) is 16.8 Å². The Morgan fingerprint density at radius 2 is 1.19 bits per heavy atom. The quantitative estimate of drug-likeness (QED) is 0.255. The summed E-state index contributed by atoms with van der Waals surface area (Å²) in [4.78, 5) is 9.24. The van der Waals surface area contributed by atoms with Crippen molar-refractivity contribution in [1.82, 2.24) is 9.97 Å². The molecule has 6 rings (SSSR count). The maximum Gasteiger partial charge on any atom is 0.416 e. The van der Waals surface area contributed by atoms with Crippen LogP contribution in [0.5, 0.6) is 0 Å². The third-order valence-corrected chi connectivity index (χ3v) is 6.39. The second-order valence-corrected chi connectivity index (χ2v) is 8.66. The van der Waals surface area contributed by atoms with Crippen molar-refractivity contribution in [3.05, 3.63) is 121 Å². The van der Waals surface area contributed by atoms with Gasteiger partial charge in [-0.1, -0.05) is 66.7 Å². The lowest BCUT2D eigenvalue weighted by molar-refractivity contribution is -0.137. The number of pyridine rings is 2. The highest BCUT2D eigenvalue weighted by molar-refractivity contribution is 5.93. The fourth-order valence-corrected chi connectivity index (χ4v) is 4.49. The molecule has 0 saturated heterocycles. The van der Waals surface area contributed by atoms with E-state index in [0.717, 1.165) is 67.3 Å². The molecule has 2 heterocycles. The lowest BCUT2D eigenvalue weighted by Crippen LogP contribution is -2.03. The molecule has 2 nitrogen and oxygen atoms in total. The van der Waals surface area contributed by atoms with E-state index in [9.17, 15) is 13.2 Å². The molecule has 36 heavy (non-hydrogen) atoms. The number of nitrogens with zero attached hydrogens (tertiary/aromatic N) is 2. The second-order valence-electron chi connectivity index (χ2n) is 8.66. The predicted octanol–water partition coefficient (Wildman–Crippen LogP) is 8.80.